The molecule has 1 heterocycles. The van der Waals surface area contributed by atoms with Gasteiger partial charge in [0.15, 0.2) is 0 Å². The number of aromatic nitrogens is 2. The first-order chi connectivity index (χ1) is 5.86. The first-order valence-electron chi connectivity index (χ1n) is 4.12. The maximum absolute atomic E-state index is 11.1. The lowest BCUT2D eigenvalue weighted by Gasteiger charge is -1.99. The zero-order valence-corrected chi connectivity index (χ0v) is 6.71. The maximum atomic E-state index is 11.1. The van der Waals surface area contributed by atoms with Crippen molar-refractivity contribution in [1.29, 1.82) is 0 Å². The molecule has 0 unspecified atom stereocenters. The zero-order chi connectivity index (χ0) is 8.39. The average molecular weight is 165 g/mol. The lowest BCUT2D eigenvalue weighted by Crippen LogP contribution is -2.24. The number of hydrogen-bond donors (Lipinski definition) is 2. The summed E-state index contributed by atoms with van der Waals surface area (Å²) in [5, 5.41) is 2.81. The van der Waals surface area contributed by atoms with Crippen molar-refractivity contribution in [2.45, 2.75) is 19.4 Å². The molecule has 1 saturated carbocycles. The summed E-state index contributed by atoms with van der Waals surface area (Å²) >= 11 is 0. The van der Waals surface area contributed by atoms with E-state index in [9.17, 15) is 4.79 Å². The van der Waals surface area contributed by atoms with Gasteiger partial charge in [-0.15, -0.1) is 0 Å². The van der Waals surface area contributed by atoms with E-state index >= 15 is 0 Å². The normalized spacial score (nSPS) is 16.0. The number of nitrogens with zero attached hydrogens (tertiary/aromatic N) is 1. The average Bonchev–Trinajstić information content (AvgIpc) is 2.80. The van der Waals surface area contributed by atoms with Crippen molar-refractivity contribution in [3.63, 3.8) is 0 Å². The van der Waals surface area contributed by atoms with Gasteiger partial charge in [0.2, 0.25) is 5.91 Å². The molecule has 1 amide bonds. The number of rotatable bonds is 3. The van der Waals surface area contributed by atoms with E-state index in [4.69, 9.17) is 0 Å². The third-order valence-electron chi connectivity index (χ3n) is 1.93. The van der Waals surface area contributed by atoms with Crippen LogP contribution in [0.15, 0.2) is 12.4 Å². The van der Waals surface area contributed by atoms with Crippen LogP contribution < -0.4 is 5.32 Å². The van der Waals surface area contributed by atoms with Crippen molar-refractivity contribution in [1.82, 2.24) is 15.3 Å². The van der Waals surface area contributed by atoms with E-state index in [2.05, 4.69) is 15.3 Å². The topological polar surface area (TPSA) is 57.8 Å². The third kappa shape index (κ3) is 1.64. The Balaban J connectivity index is 1.78. The molecule has 0 aliphatic heterocycles. The van der Waals surface area contributed by atoms with Crippen LogP contribution >= 0.6 is 0 Å². The third-order valence-corrected chi connectivity index (χ3v) is 1.93. The minimum absolute atomic E-state index is 0.159. The zero-order valence-electron chi connectivity index (χ0n) is 6.71. The molecule has 0 bridgehead atoms. The molecule has 0 spiro atoms. The Bertz CT molecular complexity index is 264. The van der Waals surface area contributed by atoms with E-state index in [-0.39, 0.29) is 11.8 Å². The Morgan fingerprint density at radius 1 is 1.75 bits per heavy atom. The summed E-state index contributed by atoms with van der Waals surface area (Å²) in [6.07, 6.45) is 5.52. The number of nitrogens with one attached hydrogen (secondary N) is 2. The number of amides is 1. The number of aromatic amines is 1. The molecule has 1 aromatic heterocycles. The Morgan fingerprint density at radius 2 is 2.58 bits per heavy atom. The number of carbonyl (C=O) groups excluding carboxylic acids is 1. The van der Waals surface area contributed by atoms with Crippen LogP contribution in [0.3, 0.4) is 0 Å². The highest BCUT2D eigenvalue weighted by Crippen LogP contribution is 2.28. The van der Waals surface area contributed by atoms with E-state index in [0.29, 0.717) is 6.54 Å². The summed E-state index contributed by atoms with van der Waals surface area (Å²) in [7, 11) is 0. The summed E-state index contributed by atoms with van der Waals surface area (Å²) in [6.45, 7) is 0.516. The van der Waals surface area contributed by atoms with Gasteiger partial charge in [-0.25, -0.2) is 4.98 Å². The molecule has 1 aliphatic rings. The molecule has 0 atom stereocenters. The fourth-order valence-electron chi connectivity index (χ4n) is 1.06. The van der Waals surface area contributed by atoms with Crippen molar-refractivity contribution in [3.05, 3.63) is 18.2 Å². The second kappa shape index (κ2) is 2.97. The van der Waals surface area contributed by atoms with Gasteiger partial charge < -0.3 is 10.3 Å². The van der Waals surface area contributed by atoms with Gasteiger partial charge in [0.05, 0.1) is 6.54 Å². The molecular weight excluding hydrogens is 154 g/mol. The second-order valence-corrected chi connectivity index (χ2v) is 3.03. The largest absolute Gasteiger partial charge is 0.349 e. The summed E-state index contributed by atoms with van der Waals surface area (Å²) in [4.78, 5) is 18.1. The Morgan fingerprint density at radius 3 is 3.17 bits per heavy atom. The van der Waals surface area contributed by atoms with Gasteiger partial charge in [-0.2, -0.15) is 0 Å². The first kappa shape index (κ1) is 7.34. The van der Waals surface area contributed by atoms with E-state index in [1.807, 2.05) is 0 Å². The van der Waals surface area contributed by atoms with Crippen molar-refractivity contribution in [2.75, 3.05) is 0 Å². The standard InChI is InChI=1S/C8H11N3O/c12-8(6-1-2-6)11-5-7-9-3-4-10-7/h3-4,6H,1-2,5H2,(H,9,10)(H,11,12). The van der Waals surface area contributed by atoms with Crippen molar-refractivity contribution in [3.8, 4) is 0 Å². The van der Waals surface area contributed by atoms with Crippen LogP contribution in [-0.2, 0) is 11.3 Å². The fraction of sp³-hybridized carbons (Fsp3) is 0.500. The minimum Gasteiger partial charge on any atom is -0.349 e. The van der Waals surface area contributed by atoms with Gasteiger partial charge in [0, 0.05) is 18.3 Å². The predicted molar refractivity (Wildman–Crippen MR) is 43.2 cm³/mol. The van der Waals surface area contributed by atoms with E-state index in [0.717, 1.165) is 18.7 Å². The number of hydrogen-bond acceptors (Lipinski definition) is 2. The summed E-state index contributed by atoms with van der Waals surface area (Å²) < 4.78 is 0. The molecule has 0 saturated heterocycles. The molecule has 12 heavy (non-hydrogen) atoms. The lowest BCUT2D eigenvalue weighted by atomic mass is 10.4. The van der Waals surface area contributed by atoms with Crippen LogP contribution in [0.25, 0.3) is 0 Å². The molecule has 2 N–H and O–H groups in total. The Labute approximate surface area is 70.4 Å². The lowest BCUT2D eigenvalue weighted by molar-refractivity contribution is -0.122. The van der Waals surface area contributed by atoms with E-state index in [1.165, 1.54) is 0 Å². The Hall–Kier alpha value is -1.32. The fourth-order valence-corrected chi connectivity index (χ4v) is 1.06. The van der Waals surface area contributed by atoms with Crippen molar-refractivity contribution in [2.24, 2.45) is 5.92 Å². The molecule has 1 fully saturated rings. The molecule has 1 aliphatic carbocycles. The van der Waals surface area contributed by atoms with Crippen LogP contribution in [0.4, 0.5) is 0 Å². The van der Waals surface area contributed by atoms with Crippen molar-refractivity contribution >= 4 is 5.91 Å². The van der Waals surface area contributed by atoms with Gasteiger partial charge in [-0.3, -0.25) is 4.79 Å². The maximum Gasteiger partial charge on any atom is 0.223 e. The number of imidazole rings is 1. The van der Waals surface area contributed by atoms with Crippen LogP contribution in [-0.4, -0.2) is 15.9 Å². The van der Waals surface area contributed by atoms with Gasteiger partial charge in [-0.05, 0) is 12.8 Å². The number of carbonyl (C=O) groups is 1. The second-order valence-electron chi connectivity index (χ2n) is 3.03. The Kier molecular flexibility index (Phi) is 1.81. The van der Waals surface area contributed by atoms with Crippen LogP contribution in [0.2, 0.25) is 0 Å². The minimum atomic E-state index is 0.159. The molecular formula is C8H11N3O. The monoisotopic (exact) mass is 165 g/mol. The van der Waals surface area contributed by atoms with E-state index < -0.39 is 0 Å². The highest BCUT2D eigenvalue weighted by atomic mass is 16.2. The quantitative estimate of drug-likeness (QED) is 0.682. The van der Waals surface area contributed by atoms with Gasteiger partial charge in [0.25, 0.3) is 0 Å². The van der Waals surface area contributed by atoms with Gasteiger partial charge in [-0.1, -0.05) is 0 Å². The predicted octanol–water partition coefficient (Wildman–Crippen LogP) is 0.436. The SMILES string of the molecule is O=C(NCc1ncc[nH]1)C1CC1. The molecule has 1 aromatic rings. The molecule has 64 valence electrons. The summed E-state index contributed by atoms with van der Waals surface area (Å²) in [5.41, 5.74) is 0. The van der Waals surface area contributed by atoms with Gasteiger partial charge >= 0.3 is 0 Å². The van der Waals surface area contributed by atoms with Gasteiger partial charge in [0.1, 0.15) is 5.82 Å². The molecule has 2 rings (SSSR count). The van der Waals surface area contributed by atoms with Crippen LogP contribution in [0.1, 0.15) is 18.7 Å². The number of H-pyrrole nitrogens is 1. The summed E-state index contributed by atoms with van der Waals surface area (Å²) in [6, 6.07) is 0. The smallest absolute Gasteiger partial charge is 0.223 e. The van der Waals surface area contributed by atoms with E-state index in [1.54, 1.807) is 12.4 Å². The highest BCUT2D eigenvalue weighted by Gasteiger charge is 2.29. The van der Waals surface area contributed by atoms with Crippen LogP contribution in [0, 0.1) is 5.92 Å². The molecule has 4 nitrogen and oxygen atoms in total. The summed E-state index contributed by atoms with van der Waals surface area (Å²) in [5.74, 6) is 1.25. The molecule has 4 heteroatoms. The van der Waals surface area contributed by atoms with Crippen LogP contribution in [0.5, 0.6) is 0 Å². The van der Waals surface area contributed by atoms with Crippen molar-refractivity contribution < 1.29 is 4.79 Å². The molecule has 0 radical (unpaired) electrons. The molecule has 0 aromatic carbocycles. The highest BCUT2D eigenvalue weighted by molar-refractivity contribution is 5.80. The first-order valence-corrected chi connectivity index (χ1v) is 4.12.